The first kappa shape index (κ1) is 15.7. The number of nitrogens with one attached hydrogen (secondary N) is 1. The predicted octanol–water partition coefficient (Wildman–Crippen LogP) is 3.68. The Morgan fingerprint density at radius 2 is 1.68 bits per heavy atom. The second-order valence-corrected chi connectivity index (χ2v) is 4.06. The molecule has 0 amide bonds. The van der Waals surface area contributed by atoms with Crippen LogP contribution in [-0.4, -0.2) is 19.3 Å². The monoisotopic (exact) mass is 283 g/mol. The molecule has 1 N–H and O–H groups in total. The largest absolute Gasteiger partial charge is 0.435 e. The smallest absolute Gasteiger partial charge is 0.410 e. The molecule has 2 nitrogen and oxygen atoms in total. The zero-order chi connectivity index (χ0) is 14.7. The zero-order valence-corrected chi connectivity index (χ0v) is 10.4. The molecule has 1 rings (SSSR count). The Hall–Kier alpha value is -1.37. The Bertz CT molecular complexity index is 404. The molecule has 1 unspecified atom stereocenters. The quantitative estimate of drug-likeness (QED) is 0.832. The molecule has 0 saturated heterocycles. The van der Waals surface area contributed by atoms with E-state index in [9.17, 15) is 22.0 Å². The van der Waals surface area contributed by atoms with Crippen molar-refractivity contribution in [1.29, 1.82) is 0 Å². The number of hydrogen-bond donors (Lipinski definition) is 1. The summed E-state index contributed by atoms with van der Waals surface area (Å²) in [5.41, 5.74) is -2.30. The molecule has 19 heavy (non-hydrogen) atoms. The molecule has 0 radical (unpaired) electrons. The molecule has 108 valence electrons. The number of rotatable bonds is 5. The molecule has 7 heteroatoms. The van der Waals surface area contributed by atoms with Gasteiger partial charge in [-0.15, -0.1) is 0 Å². The third-order valence-electron chi connectivity index (χ3n) is 2.75. The lowest BCUT2D eigenvalue weighted by atomic mass is 9.91. The van der Waals surface area contributed by atoms with Gasteiger partial charge in [0.05, 0.1) is 0 Å². The van der Waals surface area contributed by atoms with E-state index >= 15 is 0 Å². The maximum Gasteiger partial charge on any atom is 0.410 e. The van der Waals surface area contributed by atoms with Crippen molar-refractivity contribution in [3.05, 3.63) is 29.8 Å². The van der Waals surface area contributed by atoms with Crippen LogP contribution < -0.4 is 10.1 Å². The fourth-order valence-corrected chi connectivity index (χ4v) is 1.69. The second-order valence-electron chi connectivity index (χ2n) is 4.06. The molecule has 0 saturated carbocycles. The summed E-state index contributed by atoms with van der Waals surface area (Å²) in [6, 6.07) is 4.41. The summed E-state index contributed by atoms with van der Waals surface area (Å²) in [5.74, 6) is -0.181. The van der Waals surface area contributed by atoms with Gasteiger partial charge in [-0.05, 0) is 31.2 Å². The molecule has 0 heterocycles. The van der Waals surface area contributed by atoms with Gasteiger partial charge >= 0.3 is 12.8 Å². The predicted molar refractivity (Wildman–Crippen MR) is 60.2 cm³/mol. The first-order chi connectivity index (χ1) is 8.70. The first-order valence-corrected chi connectivity index (χ1v) is 5.58. The highest BCUT2D eigenvalue weighted by molar-refractivity contribution is 5.32. The van der Waals surface area contributed by atoms with Gasteiger partial charge in [-0.25, -0.2) is 0 Å². The third-order valence-corrected chi connectivity index (χ3v) is 2.75. The number of halogens is 5. The summed E-state index contributed by atoms with van der Waals surface area (Å²) >= 11 is 0. The van der Waals surface area contributed by atoms with Crippen molar-refractivity contribution in [2.24, 2.45) is 0 Å². The number of ether oxygens (including phenoxy) is 1. The minimum atomic E-state index is -4.51. The Morgan fingerprint density at radius 1 is 1.16 bits per heavy atom. The first-order valence-electron chi connectivity index (χ1n) is 5.58. The highest BCUT2D eigenvalue weighted by Gasteiger charge is 2.51. The zero-order valence-electron chi connectivity index (χ0n) is 10.4. The van der Waals surface area contributed by atoms with Crippen LogP contribution in [0.15, 0.2) is 24.3 Å². The highest BCUT2D eigenvalue weighted by atomic mass is 19.4. The molecule has 0 aromatic heterocycles. The lowest BCUT2D eigenvalue weighted by molar-refractivity contribution is -0.195. The van der Waals surface area contributed by atoms with E-state index in [0.717, 1.165) is 31.2 Å². The molecule has 1 atom stereocenters. The summed E-state index contributed by atoms with van der Waals surface area (Å²) < 4.78 is 67.2. The summed E-state index contributed by atoms with van der Waals surface area (Å²) in [5, 5.41) is 2.36. The van der Waals surface area contributed by atoms with Crippen molar-refractivity contribution < 1.29 is 26.7 Å². The lowest BCUT2D eigenvalue weighted by Crippen LogP contribution is -2.51. The fourth-order valence-electron chi connectivity index (χ4n) is 1.69. The average molecular weight is 283 g/mol. The van der Waals surface area contributed by atoms with Gasteiger partial charge < -0.3 is 10.1 Å². The third kappa shape index (κ3) is 3.56. The lowest BCUT2D eigenvalue weighted by Gasteiger charge is -2.33. The van der Waals surface area contributed by atoms with E-state index in [1.807, 2.05) is 0 Å². The summed E-state index contributed by atoms with van der Waals surface area (Å²) in [7, 11) is 0. The van der Waals surface area contributed by atoms with E-state index in [4.69, 9.17) is 0 Å². The van der Waals surface area contributed by atoms with E-state index < -0.39 is 18.3 Å². The Kier molecular flexibility index (Phi) is 4.73. The average Bonchev–Trinajstić information content (AvgIpc) is 2.27. The molecule has 0 spiro atoms. The topological polar surface area (TPSA) is 21.3 Å². The summed E-state index contributed by atoms with van der Waals surface area (Å²) in [6.07, 6.45) is -4.51. The fraction of sp³-hybridized carbons (Fsp3) is 0.500. The van der Waals surface area contributed by atoms with Gasteiger partial charge in [-0.3, -0.25) is 0 Å². The van der Waals surface area contributed by atoms with E-state index in [1.165, 1.54) is 0 Å². The van der Waals surface area contributed by atoms with Gasteiger partial charge in [0.25, 0.3) is 0 Å². The van der Waals surface area contributed by atoms with Crippen LogP contribution >= 0.6 is 0 Å². The van der Waals surface area contributed by atoms with Crippen molar-refractivity contribution >= 4 is 0 Å². The summed E-state index contributed by atoms with van der Waals surface area (Å²) in [4.78, 5) is 0. The van der Waals surface area contributed by atoms with Crippen LogP contribution in [0.25, 0.3) is 0 Å². The van der Waals surface area contributed by atoms with Crippen LogP contribution in [0.5, 0.6) is 5.75 Å². The van der Waals surface area contributed by atoms with E-state index in [2.05, 4.69) is 10.1 Å². The molecule has 0 aliphatic carbocycles. The van der Waals surface area contributed by atoms with Crippen LogP contribution in [0.4, 0.5) is 22.0 Å². The molecule has 0 bridgehead atoms. The van der Waals surface area contributed by atoms with Crippen molar-refractivity contribution in [1.82, 2.24) is 5.32 Å². The van der Waals surface area contributed by atoms with Gasteiger partial charge in [-0.2, -0.15) is 22.0 Å². The van der Waals surface area contributed by atoms with Gasteiger partial charge in [-0.1, -0.05) is 19.1 Å². The van der Waals surface area contributed by atoms with Crippen molar-refractivity contribution in [3.8, 4) is 5.75 Å². The minimum Gasteiger partial charge on any atom is -0.435 e. The molecule has 0 aliphatic rings. The number of alkyl halides is 5. The van der Waals surface area contributed by atoms with E-state index in [0.29, 0.717) is 0 Å². The number of hydrogen-bond acceptors (Lipinski definition) is 2. The number of benzene rings is 1. The van der Waals surface area contributed by atoms with Gasteiger partial charge in [0.2, 0.25) is 0 Å². The van der Waals surface area contributed by atoms with Gasteiger partial charge in [0, 0.05) is 0 Å². The van der Waals surface area contributed by atoms with Crippen LogP contribution in [0, 0.1) is 0 Å². The Balaban J connectivity index is 3.05. The maximum absolute atomic E-state index is 13.1. The van der Waals surface area contributed by atoms with E-state index in [1.54, 1.807) is 6.92 Å². The van der Waals surface area contributed by atoms with E-state index in [-0.39, 0.29) is 17.9 Å². The second kappa shape index (κ2) is 5.73. The van der Waals surface area contributed by atoms with Crippen LogP contribution in [0.2, 0.25) is 0 Å². The molecular formula is C12H14F5NO. The molecular weight excluding hydrogens is 269 g/mol. The summed E-state index contributed by atoms with van der Waals surface area (Å²) in [6.45, 7) is -0.336. The molecule has 0 fully saturated rings. The Labute approximate surface area is 107 Å². The Morgan fingerprint density at radius 3 is 2.05 bits per heavy atom. The minimum absolute atomic E-state index is 0.0662. The van der Waals surface area contributed by atoms with Crippen molar-refractivity contribution in [3.63, 3.8) is 0 Å². The van der Waals surface area contributed by atoms with Crippen LogP contribution in [0.3, 0.4) is 0 Å². The van der Waals surface area contributed by atoms with Gasteiger partial charge in [0.1, 0.15) is 11.3 Å². The SMILES string of the molecule is CCNC(C)(c1ccc(OC(F)F)cc1)C(F)(F)F. The highest BCUT2D eigenvalue weighted by Crippen LogP contribution is 2.39. The van der Waals surface area contributed by atoms with Crippen molar-refractivity contribution in [2.45, 2.75) is 32.2 Å². The normalized spacial score (nSPS) is 15.4. The standard InChI is InChI=1S/C12H14F5NO/c1-3-18-11(2,12(15,16)17)8-4-6-9(7-5-8)19-10(13)14/h4-7,10,18H,3H2,1-2H3. The van der Waals surface area contributed by atoms with Crippen LogP contribution in [-0.2, 0) is 5.54 Å². The van der Waals surface area contributed by atoms with Gasteiger partial charge in [0.15, 0.2) is 0 Å². The van der Waals surface area contributed by atoms with Crippen molar-refractivity contribution in [2.75, 3.05) is 6.54 Å². The molecule has 1 aromatic rings. The molecule has 1 aromatic carbocycles. The molecule has 0 aliphatic heterocycles. The van der Waals surface area contributed by atoms with Crippen LogP contribution in [0.1, 0.15) is 19.4 Å². The maximum atomic E-state index is 13.1.